The third-order valence-electron chi connectivity index (χ3n) is 6.70. The average molecular weight is 462 g/mol. The number of nitrogens with one attached hydrogen (secondary N) is 1. The monoisotopic (exact) mass is 461 g/mol. The molecule has 0 spiro atoms. The van der Waals surface area contributed by atoms with Gasteiger partial charge in [-0.25, -0.2) is 4.98 Å². The van der Waals surface area contributed by atoms with Crippen LogP contribution in [0.1, 0.15) is 22.3 Å². The van der Waals surface area contributed by atoms with Gasteiger partial charge < -0.3 is 15.0 Å². The molecule has 2 amide bonds. The summed E-state index contributed by atoms with van der Waals surface area (Å²) >= 11 is 0. The van der Waals surface area contributed by atoms with Gasteiger partial charge >= 0.3 is 0 Å². The van der Waals surface area contributed by atoms with Crippen LogP contribution in [0.15, 0.2) is 42.6 Å². The van der Waals surface area contributed by atoms with Crippen molar-refractivity contribution >= 4 is 23.7 Å². The Morgan fingerprint density at radius 2 is 1.79 bits per heavy atom. The Hall–Kier alpha value is -3.07. The number of nitrogens with zero attached hydrogens (tertiary/aromatic N) is 4. The van der Waals surface area contributed by atoms with Gasteiger partial charge in [0.25, 0.3) is 0 Å². The molecule has 1 N–H and O–H groups in total. The minimum Gasteiger partial charge on any atom is -0.379 e. The van der Waals surface area contributed by atoms with Gasteiger partial charge in [-0.3, -0.25) is 19.4 Å². The number of morpholine rings is 1. The molecule has 178 valence electrons. The first kappa shape index (κ1) is 22.7. The predicted molar refractivity (Wildman–Crippen MR) is 130 cm³/mol. The van der Waals surface area contributed by atoms with Gasteiger partial charge in [-0.1, -0.05) is 24.3 Å². The van der Waals surface area contributed by atoms with Crippen LogP contribution in [0, 0.1) is 0 Å². The number of benzene rings is 1. The second-order valence-corrected chi connectivity index (χ2v) is 9.10. The fourth-order valence-electron chi connectivity index (χ4n) is 4.75. The molecule has 5 rings (SSSR count). The van der Waals surface area contributed by atoms with Gasteiger partial charge in [0.2, 0.25) is 11.8 Å². The van der Waals surface area contributed by atoms with Crippen molar-refractivity contribution in [3.05, 3.63) is 64.9 Å². The number of carbonyl (C=O) groups excluding carboxylic acids is 2. The molecular formula is C26H31N5O3. The van der Waals surface area contributed by atoms with Crippen LogP contribution in [0.5, 0.6) is 0 Å². The van der Waals surface area contributed by atoms with Crippen molar-refractivity contribution in [3.63, 3.8) is 0 Å². The topological polar surface area (TPSA) is 78.0 Å². The number of ether oxygens (including phenoxy) is 1. The summed E-state index contributed by atoms with van der Waals surface area (Å²) in [5, 5.41) is 2.92. The van der Waals surface area contributed by atoms with Crippen LogP contribution in [0.2, 0.25) is 0 Å². The predicted octanol–water partition coefficient (Wildman–Crippen LogP) is 1.77. The van der Waals surface area contributed by atoms with Gasteiger partial charge in [-0.05, 0) is 35.3 Å². The van der Waals surface area contributed by atoms with Gasteiger partial charge in [-0.15, -0.1) is 0 Å². The molecule has 0 radical (unpaired) electrons. The average Bonchev–Trinajstić information content (AvgIpc) is 3.03. The Balaban J connectivity index is 1.23. The van der Waals surface area contributed by atoms with E-state index in [0.717, 1.165) is 63.5 Å². The molecule has 1 saturated heterocycles. The van der Waals surface area contributed by atoms with E-state index in [1.54, 1.807) is 12.3 Å². The zero-order valence-electron chi connectivity index (χ0n) is 19.4. The Morgan fingerprint density at radius 1 is 1.00 bits per heavy atom. The fourth-order valence-corrected chi connectivity index (χ4v) is 4.75. The highest BCUT2D eigenvalue weighted by atomic mass is 16.5. The molecule has 1 fully saturated rings. The third-order valence-corrected chi connectivity index (χ3v) is 6.70. The lowest BCUT2D eigenvalue weighted by molar-refractivity contribution is -0.126. The standard InChI is InChI=1S/C26H31N5O3/c32-24-19-30(10-9-29-11-13-34-14-12-29)17-23-15-20(16-27-26(23)28-24)5-6-25(33)31-8-7-21-3-1-2-4-22(21)18-31/h1-6,15-16H,7-14,17-19H2,(H,27,28,32)/b6-5+. The van der Waals surface area contributed by atoms with E-state index in [0.29, 0.717) is 25.5 Å². The van der Waals surface area contributed by atoms with E-state index in [1.807, 2.05) is 29.2 Å². The minimum atomic E-state index is -0.0444. The Kier molecular flexibility index (Phi) is 6.99. The van der Waals surface area contributed by atoms with Crippen LogP contribution in [0.3, 0.4) is 0 Å². The first-order chi connectivity index (χ1) is 16.6. The fraction of sp³-hybridized carbons (Fsp3) is 0.423. The number of carbonyl (C=O) groups is 2. The number of pyridine rings is 1. The van der Waals surface area contributed by atoms with E-state index in [2.05, 4.69) is 32.2 Å². The molecule has 0 unspecified atom stereocenters. The quantitative estimate of drug-likeness (QED) is 0.684. The van der Waals surface area contributed by atoms with E-state index in [9.17, 15) is 9.59 Å². The van der Waals surface area contributed by atoms with Crippen LogP contribution in [-0.4, -0.2) is 84.0 Å². The molecule has 3 aliphatic heterocycles. The lowest BCUT2D eigenvalue weighted by Gasteiger charge is -2.29. The van der Waals surface area contributed by atoms with Crippen molar-refractivity contribution < 1.29 is 14.3 Å². The van der Waals surface area contributed by atoms with Crippen LogP contribution in [0.25, 0.3) is 6.08 Å². The number of hydrogen-bond acceptors (Lipinski definition) is 6. The molecule has 0 atom stereocenters. The summed E-state index contributed by atoms with van der Waals surface area (Å²) in [6, 6.07) is 10.3. The van der Waals surface area contributed by atoms with Gasteiger partial charge in [0.1, 0.15) is 5.82 Å². The van der Waals surface area contributed by atoms with Crippen LogP contribution in [-0.2, 0) is 33.8 Å². The van der Waals surface area contributed by atoms with Gasteiger partial charge in [-0.2, -0.15) is 0 Å². The second kappa shape index (κ2) is 10.5. The Bertz CT molecular complexity index is 1080. The maximum Gasteiger partial charge on any atom is 0.246 e. The van der Waals surface area contributed by atoms with Crippen LogP contribution >= 0.6 is 0 Å². The van der Waals surface area contributed by atoms with Gasteiger partial charge in [0.15, 0.2) is 0 Å². The smallest absolute Gasteiger partial charge is 0.246 e. The maximum atomic E-state index is 12.8. The molecule has 0 aliphatic carbocycles. The molecular weight excluding hydrogens is 430 g/mol. The Morgan fingerprint density at radius 3 is 2.65 bits per heavy atom. The number of anilines is 1. The van der Waals surface area contributed by atoms with Crippen molar-refractivity contribution in [1.82, 2.24) is 19.7 Å². The molecule has 1 aromatic heterocycles. The van der Waals surface area contributed by atoms with E-state index in [-0.39, 0.29) is 11.8 Å². The second-order valence-electron chi connectivity index (χ2n) is 9.10. The van der Waals surface area contributed by atoms with Crippen molar-refractivity contribution in [3.8, 4) is 0 Å². The number of amides is 2. The molecule has 0 saturated carbocycles. The summed E-state index contributed by atoms with van der Waals surface area (Å²) in [6.07, 6.45) is 6.04. The highest BCUT2D eigenvalue weighted by Gasteiger charge is 2.22. The number of rotatable bonds is 5. The summed E-state index contributed by atoms with van der Waals surface area (Å²) in [7, 11) is 0. The molecule has 8 heteroatoms. The molecule has 4 heterocycles. The van der Waals surface area contributed by atoms with Gasteiger partial charge in [0, 0.05) is 63.6 Å². The largest absolute Gasteiger partial charge is 0.379 e. The molecule has 8 nitrogen and oxygen atoms in total. The normalized spacial score (nSPS) is 19.4. The van der Waals surface area contributed by atoms with E-state index >= 15 is 0 Å². The van der Waals surface area contributed by atoms with Crippen LogP contribution < -0.4 is 5.32 Å². The van der Waals surface area contributed by atoms with Crippen molar-refractivity contribution in [2.75, 3.05) is 57.8 Å². The van der Waals surface area contributed by atoms with Gasteiger partial charge in [0.05, 0.1) is 19.8 Å². The lowest BCUT2D eigenvalue weighted by Crippen LogP contribution is -2.42. The maximum absolute atomic E-state index is 12.8. The zero-order chi connectivity index (χ0) is 23.3. The van der Waals surface area contributed by atoms with Crippen LogP contribution in [0.4, 0.5) is 5.82 Å². The molecule has 2 aromatic rings. The summed E-state index contributed by atoms with van der Waals surface area (Å²) in [5.41, 5.74) is 4.36. The van der Waals surface area contributed by atoms with E-state index < -0.39 is 0 Å². The molecule has 34 heavy (non-hydrogen) atoms. The summed E-state index contributed by atoms with van der Waals surface area (Å²) in [4.78, 5) is 36.1. The van der Waals surface area contributed by atoms with Crippen molar-refractivity contribution in [2.45, 2.75) is 19.5 Å². The van der Waals surface area contributed by atoms with E-state index in [4.69, 9.17) is 4.74 Å². The number of fused-ring (bicyclic) bond motifs is 2. The third kappa shape index (κ3) is 5.52. The number of aromatic nitrogens is 1. The molecule has 1 aromatic carbocycles. The zero-order valence-corrected chi connectivity index (χ0v) is 19.4. The minimum absolute atomic E-state index is 0.00452. The summed E-state index contributed by atoms with van der Waals surface area (Å²) < 4.78 is 5.42. The van der Waals surface area contributed by atoms with E-state index in [1.165, 1.54) is 11.1 Å². The van der Waals surface area contributed by atoms with Crippen molar-refractivity contribution in [2.24, 2.45) is 0 Å². The Labute approximate surface area is 200 Å². The molecule has 0 bridgehead atoms. The first-order valence-electron chi connectivity index (χ1n) is 12.0. The summed E-state index contributed by atoms with van der Waals surface area (Å²) in [6.45, 7) is 7.49. The first-order valence-corrected chi connectivity index (χ1v) is 12.0. The molecule has 3 aliphatic rings. The summed E-state index contributed by atoms with van der Waals surface area (Å²) in [5.74, 6) is 0.567. The SMILES string of the molecule is O=C1CN(CCN2CCOCC2)Cc2cc(/C=C/C(=O)N3CCc4ccccc4C3)cnc2N1. The lowest BCUT2D eigenvalue weighted by atomic mass is 10.00. The number of hydrogen-bond donors (Lipinski definition) is 1. The highest BCUT2D eigenvalue weighted by Crippen LogP contribution is 2.21. The highest BCUT2D eigenvalue weighted by molar-refractivity contribution is 5.93. The van der Waals surface area contributed by atoms with Crippen molar-refractivity contribution in [1.29, 1.82) is 0 Å².